The Labute approximate surface area is 126 Å². The van der Waals surface area contributed by atoms with Gasteiger partial charge in [-0.25, -0.2) is 15.8 Å². The normalized spacial score (nSPS) is 22.4. The quantitative estimate of drug-likeness (QED) is 0.500. The van der Waals surface area contributed by atoms with Gasteiger partial charge in [-0.2, -0.15) is 0 Å². The van der Waals surface area contributed by atoms with Crippen molar-refractivity contribution in [2.45, 2.75) is 58.4 Å². The Balaban J connectivity index is 2.33. The lowest BCUT2D eigenvalue weighted by Crippen LogP contribution is -2.29. The van der Waals surface area contributed by atoms with E-state index in [1.54, 1.807) is 0 Å². The largest absolute Gasteiger partial charge is 0.396 e. The number of aromatic nitrogens is 2. The minimum absolute atomic E-state index is 0.151. The highest BCUT2D eigenvalue weighted by atomic mass is 16.3. The Morgan fingerprint density at radius 3 is 2.48 bits per heavy atom. The third-order valence-electron chi connectivity index (χ3n) is 4.17. The summed E-state index contributed by atoms with van der Waals surface area (Å²) in [5.41, 5.74) is 3.42. The molecule has 2 unspecified atom stereocenters. The van der Waals surface area contributed by atoms with Crippen LogP contribution in [0.2, 0.25) is 0 Å². The molecule has 1 aromatic heterocycles. The zero-order valence-corrected chi connectivity index (χ0v) is 13.4. The average molecular weight is 293 g/mol. The highest BCUT2D eigenvalue weighted by Gasteiger charge is 2.28. The SMILES string of the molecule is Cc1c(NN)nc(C(C)(C)C)nc1NC1CCCC1CO. The molecular weight excluding hydrogens is 266 g/mol. The van der Waals surface area contributed by atoms with E-state index in [1.165, 1.54) is 0 Å². The summed E-state index contributed by atoms with van der Waals surface area (Å²) in [6.07, 6.45) is 3.26. The van der Waals surface area contributed by atoms with Crippen LogP contribution in [0.5, 0.6) is 0 Å². The predicted molar refractivity (Wildman–Crippen MR) is 85.1 cm³/mol. The van der Waals surface area contributed by atoms with Crippen LogP contribution in [-0.2, 0) is 5.41 Å². The first-order valence-corrected chi connectivity index (χ1v) is 7.60. The molecule has 21 heavy (non-hydrogen) atoms. The number of nitrogens with one attached hydrogen (secondary N) is 2. The minimum Gasteiger partial charge on any atom is -0.396 e. The molecule has 2 rings (SSSR count). The van der Waals surface area contributed by atoms with Crippen molar-refractivity contribution in [1.82, 2.24) is 9.97 Å². The number of nitrogens with zero attached hydrogens (tertiary/aromatic N) is 2. The Bertz CT molecular complexity index is 498. The minimum atomic E-state index is -0.151. The van der Waals surface area contributed by atoms with Gasteiger partial charge in [0.1, 0.15) is 17.5 Å². The van der Waals surface area contributed by atoms with E-state index in [0.29, 0.717) is 11.7 Å². The van der Waals surface area contributed by atoms with Crippen molar-refractivity contribution in [3.8, 4) is 0 Å². The monoisotopic (exact) mass is 293 g/mol. The van der Waals surface area contributed by atoms with Crippen molar-refractivity contribution in [1.29, 1.82) is 0 Å². The molecular formula is C15H27N5O. The molecule has 0 spiro atoms. The second-order valence-corrected chi connectivity index (χ2v) is 6.89. The van der Waals surface area contributed by atoms with Gasteiger partial charge >= 0.3 is 0 Å². The summed E-state index contributed by atoms with van der Waals surface area (Å²) < 4.78 is 0. The second kappa shape index (κ2) is 6.15. The van der Waals surface area contributed by atoms with Crippen LogP contribution in [0.25, 0.3) is 0 Å². The van der Waals surface area contributed by atoms with Gasteiger partial charge in [0.25, 0.3) is 0 Å². The fourth-order valence-electron chi connectivity index (χ4n) is 2.75. The Kier molecular flexibility index (Phi) is 4.68. The number of nitrogen functional groups attached to an aromatic ring is 1. The van der Waals surface area contributed by atoms with Gasteiger partial charge in [-0.15, -0.1) is 0 Å². The highest BCUT2D eigenvalue weighted by molar-refractivity contribution is 5.57. The van der Waals surface area contributed by atoms with Crippen molar-refractivity contribution < 1.29 is 5.11 Å². The maximum atomic E-state index is 9.46. The molecule has 118 valence electrons. The summed E-state index contributed by atoms with van der Waals surface area (Å²) in [6, 6.07) is 0.266. The Hall–Kier alpha value is -1.40. The van der Waals surface area contributed by atoms with Crippen molar-refractivity contribution in [2.24, 2.45) is 11.8 Å². The molecule has 1 saturated carbocycles. The van der Waals surface area contributed by atoms with Gasteiger partial charge in [-0.3, -0.25) is 0 Å². The molecule has 1 heterocycles. The van der Waals surface area contributed by atoms with Crippen molar-refractivity contribution in [3.05, 3.63) is 11.4 Å². The van der Waals surface area contributed by atoms with E-state index >= 15 is 0 Å². The number of aliphatic hydroxyl groups excluding tert-OH is 1. The lowest BCUT2D eigenvalue weighted by Gasteiger charge is -2.24. The molecule has 5 N–H and O–H groups in total. The van der Waals surface area contributed by atoms with E-state index in [2.05, 4.69) is 41.5 Å². The number of rotatable bonds is 4. The first-order chi connectivity index (χ1) is 9.86. The molecule has 6 heteroatoms. The van der Waals surface area contributed by atoms with Gasteiger partial charge in [-0.05, 0) is 19.8 Å². The van der Waals surface area contributed by atoms with Crippen LogP contribution in [0.15, 0.2) is 0 Å². The highest BCUT2D eigenvalue weighted by Crippen LogP contribution is 2.31. The van der Waals surface area contributed by atoms with Crippen LogP contribution >= 0.6 is 0 Å². The predicted octanol–water partition coefficient (Wildman–Crippen LogP) is 1.94. The third kappa shape index (κ3) is 3.44. The zero-order chi connectivity index (χ0) is 15.6. The summed E-state index contributed by atoms with van der Waals surface area (Å²) in [5.74, 6) is 8.10. The number of hydrazine groups is 1. The molecule has 1 aliphatic carbocycles. The van der Waals surface area contributed by atoms with E-state index in [-0.39, 0.29) is 18.1 Å². The Morgan fingerprint density at radius 1 is 1.24 bits per heavy atom. The van der Waals surface area contributed by atoms with Gasteiger partial charge in [0.05, 0.1) is 0 Å². The van der Waals surface area contributed by atoms with E-state index in [1.807, 2.05) is 6.92 Å². The molecule has 0 bridgehead atoms. The molecule has 0 saturated heterocycles. The topological polar surface area (TPSA) is 96.1 Å². The summed E-state index contributed by atoms with van der Waals surface area (Å²) in [5, 5.41) is 13.0. The smallest absolute Gasteiger partial charge is 0.148 e. The van der Waals surface area contributed by atoms with E-state index in [9.17, 15) is 5.11 Å². The molecule has 0 radical (unpaired) electrons. The Morgan fingerprint density at radius 2 is 1.90 bits per heavy atom. The summed E-state index contributed by atoms with van der Waals surface area (Å²) in [7, 11) is 0. The average Bonchev–Trinajstić information content (AvgIpc) is 2.87. The lowest BCUT2D eigenvalue weighted by molar-refractivity contribution is 0.222. The molecule has 0 aliphatic heterocycles. The summed E-state index contributed by atoms with van der Waals surface area (Å²) >= 11 is 0. The van der Waals surface area contributed by atoms with E-state index < -0.39 is 0 Å². The number of hydrogen-bond acceptors (Lipinski definition) is 6. The molecule has 0 aromatic carbocycles. The number of anilines is 2. The van der Waals surface area contributed by atoms with Gasteiger partial charge in [0, 0.05) is 29.5 Å². The van der Waals surface area contributed by atoms with Crippen LogP contribution < -0.4 is 16.6 Å². The number of hydrogen-bond donors (Lipinski definition) is 4. The standard InChI is InChI=1S/C15H27N5O/c1-9-12(17-11-7-5-6-10(11)8-21)18-14(15(2,3)4)19-13(9)20-16/h10-11,21H,5-8,16H2,1-4H3,(H2,17,18,19,20). The van der Waals surface area contributed by atoms with Crippen LogP contribution in [0, 0.1) is 12.8 Å². The van der Waals surface area contributed by atoms with Crippen LogP contribution in [-0.4, -0.2) is 27.7 Å². The van der Waals surface area contributed by atoms with Gasteiger partial charge in [0.2, 0.25) is 0 Å². The fraction of sp³-hybridized carbons (Fsp3) is 0.733. The zero-order valence-electron chi connectivity index (χ0n) is 13.4. The molecule has 2 atom stereocenters. The molecule has 6 nitrogen and oxygen atoms in total. The van der Waals surface area contributed by atoms with Crippen molar-refractivity contribution in [2.75, 3.05) is 17.3 Å². The summed E-state index contributed by atoms with van der Waals surface area (Å²) in [4.78, 5) is 9.18. The van der Waals surface area contributed by atoms with E-state index in [4.69, 9.17) is 5.84 Å². The van der Waals surface area contributed by atoms with Crippen LogP contribution in [0.3, 0.4) is 0 Å². The third-order valence-corrected chi connectivity index (χ3v) is 4.17. The second-order valence-electron chi connectivity index (χ2n) is 6.89. The fourth-order valence-corrected chi connectivity index (χ4v) is 2.75. The van der Waals surface area contributed by atoms with Gasteiger partial charge in [0.15, 0.2) is 0 Å². The lowest BCUT2D eigenvalue weighted by atomic mass is 9.95. The molecule has 1 aliphatic rings. The summed E-state index contributed by atoms with van der Waals surface area (Å²) in [6.45, 7) is 8.40. The van der Waals surface area contributed by atoms with E-state index in [0.717, 1.165) is 36.5 Å². The van der Waals surface area contributed by atoms with Gasteiger partial charge < -0.3 is 15.8 Å². The van der Waals surface area contributed by atoms with Crippen LogP contribution in [0.4, 0.5) is 11.6 Å². The molecule has 1 fully saturated rings. The van der Waals surface area contributed by atoms with Crippen molar-refractivity contribution in [3.63, 3.8) is 0 Å². The number of nitrogens with two attached hydrogens (primary N) is 1. The maximum Gasteiger partial charge on any atom is 0.148 e. The molecule has 1 aromatic rings. The van der Waals surface area contributed by atoms with Crippen molar-refractivity contribution >= 4 is 11.6 Å². The van der Waals surface area contributed by atoms with Crippen LogP contribution in [0.1, 0.15) is 51.4 Å². The maximum absolute atomic E-state index is 9.46. The van der Waals surface area contributed by atoms with Gasteiger partial charge in [-0.1, -0.05) is 27.2 Å². The number of aliphatic hydroxyl groups is 1. The first-order valence-electron chi connectivity index (χ1n) is 7.60. The first kappa shape index (κ1) is 16.0. The molecule has 0 amide bonds.